The van der Waals surface area contributed by atoms with E-state index in [4.69, 9.17) is 23.2 Å². The van der Waals surface area contributed by atoms with Gasteiger partial charge in [-0.2, -0.15) is 0 Å². The number of aryl methyl sites for hydroxylation is 1. The molecule has 110 valence electrons. The molecule has 21 heavy (non-hydrogen) atoms. The quantitative estimate of drug-likeness (QED) is 0.914. The molecule has 0 spiro atoms. The minimum Gasteiger partial charge on any atom is -0.350 e. The zero-order chi connectivity index (χ0) is 15.2. The zero-order valence-corrected chi connectivity index (χ0v) is 13.0. The van der Waals surface area contributed by atoms with Gasteiger partial charge < -0.3 is 5.32 Å². The van der Waals surface area contributed by atoms with Crippen molar-refractivity contribution in [3.63, 3.8) is 0 Å². The summed E-state index contributed by atoms with van der Waals surface area (Å²) in [5.41, 5.74) is 1.71. The lowest BCUT2D eigenvalue weighted by molar-refractivity contribution is -0.121. The summed E-state index contributed by atoms with van der Waals surface area (Å²) in [6, 6.07) is 5.20. The maximum atomic E-state index is 11.9. The van der Waals surface area contributed by atoms with Crippen molar-refractivity contribution < 1.29 is 4.79 Å². The first-order chi connectivity index (χ1) is 10.1. The Kier molecular flexibility index (Phi) is 5.53. The van der Waals surface area contributed by atoms with Crippen molar-refractivity contribution in [2.24, 2.45) is 0 Å². The summed E-state index contributed by atoms with van der Waals surface area (Å²) in [7, 11) is 0. The van der Waals surface area contributed by atoms with Crippen LogP contribution in [0.25, 0.3) is 0 Å². The molecule has 0 saturated carbocycles. The number of rotatable bonds is 5. The molecule has 1 amide bonds. The molecular weight excluding hydrogens is 309 g/mol. The van der Waals surface area contributed by atoms with Crippen LogP contribution in [-0.2, 0) is 11.2 Å². The molecule has 1 N–H and O–H groups in total. The van der Waals surface area contributed by atoms with Crippen LogP contribution in [0, 0.1) is 0 Å². The maximum absolute atomic E-state index is 11.9. The lowest BCUT2D eigenvalue weighted by atomic mass is 10.1. The highest BCUT2D eigenvalue weighted by Gasteiger charge is 2.11. The number of carbonyl (C=O) groups is 1. The molecule has 0 aliphatic heterocycles. The highest BCUT2D eigenvalue weighted by atomic mass is 35.5. The fourth-order valence-electron chi connectivity index (χ4n) is 1.88. The molecule has 0 aliphatic rings. The molecule has 0 saturated heterocycles. The van der Waals surface area contributed by atoms with Crippen molar-refractivity contribution in [2.45, 2.75) is 25.8 Å². The number of carbonyl (C=O) groups excluding carboxylic acids is 1. The predicted octanol–water partition coefficient (Wildman–Crippen LogP) is 3.59. The molecule has 0 bridgehead atoms. The number of halogens is 2. The Labute approximate surface area is 133 Å². The van der Waals surface area contributed by atoms with Gasteiger partial charge >= 0.3 is 0 Å². The molecule has 1 aromatic carbocycles. The van der Waals surface area contributed by atoms with Gasteiger partial charge in [0.15, 0.2) is 0 Å². The van der Waals surface area contributed by atoms with Crippen LogP contribution >= 0.6 is 23.2 Å². The van der Waals surface area contributed by atoms with Gasteiger partial charge in [0, 0.05) is 25.0 Å². The Hall–Kier alpha value is -1.65. The monoisotopic (exact) mass is 323 g/mol. The number of amides is 1. The van der Waals surface area contributed by atoms with Crippen LogP contribution in [-0.4, -0.2) is 15.9 Å². The number of hydrogen-bond donors (Lipinski definition) is 1. The van der Waals surface area contributed by atoms with Crippen LogP contribution in [0.15, 0.2) is 36.8 Å². The average molecular weight is 324 g/mol. The number of nitrogens with zero attached hydrogens (tertiary/aromatic N) is 2. The van der Waals surface area contributed by atoms with Gasteiger partial charge in [-0.05, 0) is 31.0 Å². The van der Waals surface area contributed by atoms with Crippen LogP contribution in [0.5, 0.6) is 0 Å². The second-order valence-electron chi connectivity index (χ2n) is 4.66. The zero-order valence-electron chi connectivity index (χ0n) is 11.5. The third kappa shape index (κ3) is 4.69. The standard InChI is InChI=1S/C15H15Cl2N3O/c1-10(11-2-4-13(16)14(17)8-11)20-15(21)5-3-12-9-18-6-7-19-12/h2,4,6-10H,3,5H2,1H3,(H,20,21)/t10-/m1/s1. The van der Waals surface area contributed by atoms with Crippen molar-refractivity contribution >= 4 is 29.1 Å². The van der Waals surface area contributed by atoms with Crippen molar-refractivity contribution in [3.05, 3.63) is 58.1 Å². The first-order valence-corrected chi connectivity index (χ1v) is 7.31. The van der Waals surface area contributed by atoms with Crippen molar-refractivity contribution in [1.82, 2.24) is 15.3 Å². The van der Waals surface area contributed by atoms with E-state index in [1.165, 1.54) is 0 Å². The summed E-state index contributed by atoms with van der Waals surface area (Å²) in [6.45, 7) is 1.90. The molecule has 2 rings (SSSR count). The van der Waals surface area contributed by atoms with Gasteiger partial charge in [-0.1, -0.05) is 29.3 Å². The van der Waals surface area contributed by atoms with E-state index in [9.17, 15) is 4.79 Å². The fourth-order valence-corrected chi connectivity index (χ4v) is 2.19. The average Bonchev–Trinajstić information content (AvgIpc) is 2.49. The van der Waals surface area contributed by atoms with E-state index in [1.54, 1.807) is 30.7 Å². The summed E-state index contributed by atoms with van der Waals surface area (Å²) in [4.78, 5) is 20.0. The second-order valence-corrected chi connectivity index (χ2v) is 5.47. The lowest BCUT2D eigenvalue weighted by Gasteiger charge is -2.15. The molecule has 6 heteroatoms. The summed E-state index contributed by atoms with van der Waals surface area (Å²) in [5.74, 6) is -0.0424. The molecule has 1 atom stereocenters. The van der Waals surface area contributed by atoms with E-state index >= 15 is 0 Å². The van der Waals surface area contributed by atoms with Crippen LogP contribution < -0.4 is 5.32 Å². The number of hydrogen-bond acceptors (Lipinski definition) is 3. The predicted molar refractivity (Wildman–Crippen MR) is 83.4 cm³/mol. The maximum Gasteiger partial charge on any atom is 0.220 e. The summed E-state index contributed by atoms with van der Waals surface area (Å²) >= 11 is 11.9. The van der Waals surface area contributed by atoms with Crippen molar-refractivity contribution in [3.8, 4) is 0 Å². The van der Waals surface area contributed by atoms with E-state index in [-0.39, 0.29) is 11.9 Å². The minimum atomic E-state index is -0.130. The Morgan fingerprint density at radius 1 is 1.29 bits per heavy atom. The molecule has 0 radical (unpaired) electrons. The molecular formula is C15H15Cl2N3O. The van der Waals surface area contributed by atoms with E-state index in [0.717, 1.165) is 11.3 Å². The number of benzene rings is 1. The van der Waals surface area contributed by atoms with Crippen LogP contribution in [0.4, 0.5) is 0 Å². The topological polar surface area (TPSA) is 54.9 Å². The Morgan fingerprint density at radius 3 is 2.76 bits per heavy atom. The molecule has 1 heterocycles. The SMILES string of the molecule is C[C@@H](NC(=O)CCc1cnccn1)c1ccc(Cl)c(Cl)c1. The normalized spacial score (nSPS) is 12.0. The van der Waals surface area contributed by atoms with Gasteiger partial charge in [0.1, 0.15) is 0 Å². The largest absolute Gasteiger partial charge is 0.350 e. The van der Waals surface area contributed by atoms with Crippen LogP contribution in [0.3, 0.4) is 0 Å². The van der Waals surface area contributed by atoms with Gasteiger partial charge in [-0.15, -0.1) is 0 Å². The van der Waals surface area contributed by atoms with E-state index < -0.39 is 0 Å². The first-order valence-electron chi connectivity index (χ1n) is 6.55. The molecule has 1 aromatic heterocycles. The van der Waals surface area contributed by atoms with Crippen LogP contribution in [0.1, 0.15) is 30.6 Å². The second kappa shape index (κ2) is 7.38. The van der Waals surface area contributed by atoms with Gasteiger partial charge in [-0.3, -0.25) is 14.8 Å². The summed E-state index contributed by atoms with van der Waals surface area (Å²) < 4.78 is 0. The van der Waals surface area contributed by atoms with Crippen molar-refractivity contribution in [1.29, 1.82) is 0 Å². The highest BCUT2D eigenvalue weighted by Crippen LogP contribution is 2.25. The first kappa shape index (κ1) is 15.7. The Morgan fingerprint density at radius 2 is 2.10 bits per heavy atom. The van der Waals surface area contributed by atoms with Crippen LogP contribution in [0.2, 0.25) is 10.0 Å². The van der Waals surface area contributed by atoms with E-state index in [0.29, 0.717) is 22.9 Å². The molecule has 0 fully saturated rings. The van der Waals surface area contributed by atoms with Gasteiger partial charge in [0.2, 0.25) is 5.91 Å². The number of nitrogens with one attached hydrogen (secondary N) is 1. The van der Waals surface area contributed by atoms with Crippen molar-refractivity contribution in [2.75, 3.05) is 0 Å². The molecule has 0 unspecified atom stereocenters. The van der Waals surface area contributed by atoms with Gasteiger partial charge in [0.25, 0.3) is 0 Å². The smallest absolute Gasteiger partial charge is 0.220 e. The molecule has 4 nitrogen and oxygen atoms in total. The Bertz CT molecular complexity index is 620. The third-order valence-electron chi connectivity index (χ3n) is 3.05. The highest BCUT2D eigenvalue weighted by molar-refractivity contribution is 6.42. The number of aromatic nitrogens is 2. The summed E-state index contributed by atoms with van der Waals surface area (Å²) in [6.07, 6.45) is 5.81. The minimum absolute atomic E-state index is 0.0424. The Balaban J connectivity index is 1.88. The van der Waals surface area contributed by atoms with E-state index in [1.807, 2.05) is 13.0 Å². The molecule has 0 aliphatic carbocycles. The fraction of sp³-hybridized carbons (Fsp3) is 0.267. The van der Waals surface area contributed by atoms with Gasteiger partial charge in [0.05, 0.1) is 21.8 Å². The van der Waals surface area contributed by atoms with E-state index in [2.05, 4.69) is 15.3 Å². The van der Waals surface area contributed by atoms with Gasteiger partial charge in [-0.25, -0.2) is 0 Å². The summed E-state index contributed by atoms with van der Waals surface area (Å²) in [5, 5.41) is 3.91. The lowest BCUT2D eigenvalue weighted by Crippen LogP contribution is -2.26. The third-order valence-corrected chi connectivity index (χ3v) is 3.79. The molecule has 2 aromatic rings.